The van der Waals surface area contributed by atoms with Crippen molar-refractivity contribution in [3.05, 3.63) is 86.2 Å². The van der Waals surface area contributed by atoms with E-state index in [0.29, 0.717) is 56.4 Å². The molecule has 2 saturated heterocycles. The van der Waals surface area contributed by atoms with Crippen LogP contribution in [-0.2, 0) is 93.6 Å². The number of imidazole rings is 1. The number of hydrogen-bond donors (Lipinski definition) is 15. The molecule has 1 aromatic carbocycles. The topological polar surface area (TPSA) is 674 Å². The zero-order chi connectivity index (χ0) is 90.6. The first-order valence-corrected chi connectivity index (χ1v) is 42.2. The molecule has 8 heterocycles. The van der Waals surface area contributed by atoms with Crippen LogP contribution < -0.4 is 71.6 Å². The van der Waals surface area contributed by atoms with Gasteiger partial charge in [-0.25, -0.2) is 14.2 Å². The molecule has 12 amide bonds. The number of aliphatic hydroxyl groups excluding tert-OH is 1. The fourth-order valence-electron chi connectivity index (χ4n) is 18.0. The van der Waals surface area contributed by atoms with Crippen LogP contribution in [0.25, 0.3) is 21.5 Å². The minimum Gasteiger partial charge on any atom is -0.386 e. The summed E-state index contributed by atoms with van der Waals surface area (Å²) in [4.78, 5) is 192. The average Bonchev–Trinajstić information content (AvgIpc) is 1.52. The highest BCUT2D eigenvalue weighted by atomic mass is 31.2. The maximum absolute atomic E-state index is 14.7. The highest BCUT2D eigenvalue weighted by Gasteiger charge is 2.66. The fraction of sp³-hybridized carbons (Fsp3) is 0.620. The lowest BCUT2D eigenvalue weighted by Gasteiger charge is -2.48. The molecule has 0 radical (unpaired) electrons. The molecule has 15 atom stereocenters. The predicted molar refractivity (Wildman–Crippen MR) is 445 cm³/mol. The number of aryl methyl sites for hydroxylation is 3. The van der Waals surface area contributed by atoms with E-state index in [1.165, 1.54) is 24.1 Å². The number of phosphoric ester groups is 1. The first-order chi connectivity index (χ1) is 57.7. The number of hydrogen-bond acceptors (Lipinski definition) is 26. The normalized spacial score (nSPS) is 26.8. The molecule has 0 aliphatic carbocycles. The number of allylic oxidation sites excluding steroid dienone is 6. The molecule has 6 aliphatic heterocycles. The molecule has 0 spiro atoms. The van der Waals surface area contributed by atoms with Gasteiger partial charge in [0, 0.05) is 168 Å². The third-order valence-electron chi connectivity index (χ3n) is 24.7. The van der Waals surface area contributed by atoms with Gasteiger partial charge in [0.15, 0.2) is 6.23 Å². The number of carbonyl (C=O) groups excluding carboxylic acids is 12. The van der Waals surface area contributed by atoms with Crippen LogP contribution in [0.3, 0.4) is 0 Å². The molecule has 6 aliphatic rings. The molecule has 43 nitrogen and oxygen atoms in total. The Bertz CT molecular complexity index is 4930. The summed E-state index contributed by atoms with van der Waals surface area (Å²) >= 11 is 0. The van der Waals surface area contributed by atoms with E-state index in [4.69, 9.17) is 73.4 Å². The van der Waals surface area contributed by atoms with Crippen molar-refractivity contribution in [2.45, 2.75) is 208 Å². The smallest absolute Gasteiger partial charge is 0.386 e. The maximum atomic E-state index is 14.7. The Kier molecular flexibility index (Phi) is 31.1. The van der Waals surface area contributed by atoms with E-state index in [1.54, 1.807) is 18.4 Å². The van der Waals surface area contributed by atoms with E-state index in [1.807, 2.05) is 73.6 Å². The van der Waals surface area contributed by atoms with Gasteiger partial charge in [-0.1, -0.05) is 44.9 Å². The van der Waals surface area contributed by atoms with Crippen LogP contribution in [0.1, 0.15) is 162 Å². The largest absolute Gasteiger partial charge is 0.472 e. The zero-order valence-electron chi connectivity index (χ0n) is 71.1. The van der Waals surface area contributed by atoms with Crippen LogP contribution >= 0.6 is 7.82 Å². The number of rotatable bonds is 44. The highest BCUT2D eigenvalue weighted by molar-refractivity contribution is 7.47. The van der Waals surface area contributed by atoms with Gasteiger partial charge < -0.3 is 95.7 Å². The Morgan fingerprint density at radius 1 is 0.715 bits per heavy atom. The van der Waals surface area contributed by atoms with Crippen molar-refractivity contribution >= 4 is 107 Å². The first-order valence-electron chi connectivity index (χ1n) is 40.7. The van der Waals surface area contributed by atoms with Gasteiger partial charge in [0.25, 0.3) is 0 Å². The number of azide groups is 1. The lowest BCUT2D eigenvalue weighted by Crippen LogP contribution is -2.56. The summed E-state index contributed by atoms with van der Waals surface area (Å²) in [6, 6.07) is 2.59. The number of aliphatic hydroxyl groups is 1. The number of ether oxygens (including phenoxy) is 2. The molecular formula is C79H115N24O19P. The van der Waals surface area contributed by atoms with Crippen LogP contribution in [0.15, 0.2) is 79.1 Å². The van der Waals surface area contributed by atoms with Gasteiger partial charge in [-0.3, -0.25) is 81.6 Å². The first kappa shape index (κ1) is 95.6. The molecule has 123 heavy (non-hydrogen) atoms. The summed E-state index contributed by atoms with van der Waals surface area (Å²) in [5, 5.41) is 42.2. The van der Waals surface area contributed by atoms with E-state index in [-0.39, 0.29) is 129 Å². The van der Waals surface area contributed by atoms with E-state index < -0.39 is 192 Å². The molecule has 44 heteroatoms. The number of carbonyl (C=O) groups is 12. The van der Waals surface area contributed by atoms with Crippen molar-refractivity contribution < 1.29 is 90.6 Å². The van der Waals surface area contributed by atoms with Crippen LogP contribution in [-0.4, -0.2) is 218 Å². The van der Waals surface area contributed by atoms with Gasteiger partial charge in [-0.15, -0.1) is 5.10 Å². The molecule has 9 rings (SSSR count). The van der Waals surface area contributed by atoms with Crippen LogP contribution in [0, 0.1) is 59.2 Å². The molecule has 21 N–H and O–H groups in total. The van der Waals surface area contributed by atoms with Crippen molar-refractivity contribution in [2.75, 3.05) is 59.0 Å². The molecule has 8 bridgehead atoms. The average molecular weight is 1740 g/mol. The number of nitrogens with zero attached hydrogens (tertiary/aromatic N) is 11. The summed E-state index contributed by atoms with van der Waals surface area (Å²) < 4.78 is 40.5. The van der Waals surface area contributed by atoms with Crippen molar-refractivity contribution in [3.8, 4) is 0 Å². The number of aromatic nitrogens is 5. The van der Waals surface area contributed by atoms with E-state index >= 15 is 0 Å². The van der Waals surface area contributed by atoms with Gasteiger partial charge in [-0.05, 0) is 113 Å². The molecular weight excluding hydrogens is 1620 g/mol. The Hall–Kier alpha value is -11.2. The second-order valence-corrected chi connectivity index (χ2v) is 35.2. The number of benzene rings is 1. The van der Waals surface area contributed by atoms with Crippen molar-refractivity contribution in [3.63, 3.8) is 0 Å². The lowest BCUT2D eigenvalue weighted by molar-refractivity contribution is -0.129. The molecule has 2 fully saturated rings. The second-order valence-electron chi connectivity index (χ2n) is 33.9. The van der Waals surface area contributed by atoms with Gasteiger partial charge in [0.05, 0.1) is 86.7 Å². The highest BCUT2D eigenvalue weighted by Crippen LogP contribution is 2.63. The summed E-state index contributed by atoms with van der Waals surface area (Å²) in [6.45, 7) is 18.0. The Morgan fingerprint density at radius 3 is 1.90 bits per heavy atom. The third-order valence-corrected chi connectivity index (χ3v) is 25.9. The Balaban J connectivity index is 0.920. The minimum atomic E-state index is -5.28. The molecule has 2 aromatic heterocycles. The van der Waals surface area contributed by atoms with Crippen LogP contribution in [0.5, 0.6) is 0 Å². The van der Waals surface area contributed by atoms with Crippen LogP contribution in [0.4, 0.5) is 0 Å². The number of nitrogens with two attached hydrogens (primary N) is 6. The predicted octanol–water partition coefficient (Wildman–Crippen LogP) is 0.303. The Morgan fingerprint density at radius 2 is 1.30 bits per heavy atom. The summed E-state index contributed by atoms with van der Waals surface area (Å²) in [6.07, 6.45) is -3.94. The van der Waals surface area contributed by atoms with Gasteiger partial charge in [-0.2, -0.15) is 0 Å². The van der Waals surface area contributed by atoms with Crippen molar-refractivity contribution in [1.82, 2.24) is 61.8 Å². The monoisotopic (exact) mass is 1730 g/mol. The van der Waals surface area contributed by atoms with Gasteiger partial charge >= 0.3 is 7.82 Å². The second kappa shape index (κ2) is 40.0. The number of aliphatic imine (C=N–C) groups is 3. The summed E-state index contributed by atoms with van der Waals surface area (Å²) in [7, 11) is -5.28. The standard InChI is InChI=1S/C79H115N24O19P/c1-40-26-51-52(27-41(40)2)103(39-93-51)74-69(116)70(53(120-74)38-102-37-45(99-101-102)12-19-61(110)89-34-64(113)91-36-66(115)92-35-65(114)90-33-63(112)87-22-24-119-25-23-94-100-86)122-123(117,118)121-42(3)32-88-62(111)20-21-76(8)49(28-58(83)107)73-79(11)78(10,31-60(85)109)48(15-18-57(82)106)68(98-79)44(5)72-77(9,30-59(84)108)46(13-16-55(80)104)50(95-72)29-54-75(6,7)47(14-17-56(81)105)67(96-54)43(4)71(76)97-73/h26-27,29,37,39,42,46-49,53,69-70,73-74,95,116H,12-25,28,30-36,38H2,1-11H3,(H2,80,104)(H2,81,105)(H2,82,106)(H2,83,107)(H2,84,108)(H2,85,109)(H,87,112)(H,88,111)(H,89,110)(H,90,114)(H,91,113)(H,92,115)(H,117,118)/b50-29?,67-43?,72-44-/t42-,46-,47-,48-,49+,53-,69-,70-,73-,74+,76-,77+,78+,79+/m1/s1. The molecule has 670 valence electrons. The maximum Gasteiger partial charge on any atom is 0.472 e. The minimum absolute atomic E-state index is 0.00213. The summed E-state index contributed by atoms with van der Waals surface area (Å²) in [5.74, 6) is -10.9. The SMILES string of the molecule is CC1=C2N=C(C=C3N/C(=C(/C)C4=N[C@@](C)([C@@H]5N=C1[C@](C)(CCC(=O)NC[C@@H](C)OP(=O)(O)O[C@H]1[C@@H](O)[C@@H](n6cnc7cc(C)c(C)cc76)O[C@@H]1Cn1cc(CCC(=O)NCC(=O)NCC(=O)NCC(=O)NCC(=O)NCCOCCN=[N+]=[N-])nn1)[C@H]5CC(N)=O)[C@@](C)(CC(N)=O)[C@@H]4CCC(N)=O)[C@@](C)(CC(N)=O)[C@@H]3CCC(N)=O)C(C)(C)[C@@H]2CCC(N)=O. The number of nitrogens with one attached hydrogen (secondary N) is 7. The zero-order valence-corrected chi connectivity index (χ0v) is 72.0. The lowest BCUT2D eigenvalue weighted by atomic mass is 9.55. The number of primary amides is 6. The van der Waals surface area contributed by atoms with Gasteiger partial charge in [0.2, 0.25) is 70.9 Å². The van der Waals surface area contributed by atoms with Gasteiger partial charge in [0.1, 0.15) is 18.3 Å². The van der Waals surface area contributed by atoms with E-state index in [0.717, 1.165) is 11.1 Å². The fourth-order valence-corrected chi connectivity index (χ4v) is 19.1. The molecule has 3 aromatic rings. The Labute approximate surface area is 709 Å². The van der Waals surface area contributed by atoms with E-state index in [9.17, 15) is 72.1 Å². The van der Waals surface area contributed by atoms with E-state index in [2.05, 4.69) is 62.5 Å². The van der Waals surface area contributed by atoms with Crippen molar-refractivity contribution in [1.29, 1.82) is 0 Å². The quantitative estimate of drug-likeness (QED) is 0.0119. The number of fused-ring (bicyclic) bond motifs is 7. The molecule has 1 unspecified atom stereocenters. The third kappa shape index (κ3) is 22.6. The van der Waals surface area contributed by atoms with Crippen LogP contribution in [0.2, 0.25) is 0 Å². The molecule has 0 saturated carbocycles. The number of phosphoric acid groups is 1. The van der Waals surface area contributed by atoms with Crippen molar-refractivity contribution in [2.24, 2.45) is 99.8 Å². The summed E-state index contributed by atoms with van der Waals surface area (Å²) in [5.41, 5.74) is 45.4. The number of amides is 12.